The molecule has 90 valence electrons. The summed E-state index contributed by atoms with van der Waals surface area (Å²) in [5.74, 6) is 0.752. The molecule has 6 heteroatoms. The first-order chi connectivity index (χ1) is 8.15. The zero-order valence-electron chi connectivity index (χ0n) is 9.35. The summed E-state index contributed by atoms with van der Waals surface area (Å²) in [4.78, 5) is 1.10. The average Bonchev–Trinajstić information content (AvgIpc) is 2.74. The largest absolute Gasteiger partial charge is 0.367 e. The average molecular weight is 313 g/mol. The molecule has 0 aromatic carbocycles. The summed E-state index contributed by atoms with van der Waals surface area (Å²) in [6.45, 7) is 2.64. The van der Waals surface area contributed by atoms with Crippen molar-refractivity contribution < 1.29 is 0 Å². The van der Waals surface area contributed by atoms with Crippen LogP contribution in [0.4, 0.5) is 5.82 Å². The lowest BCUT2D eigenvalue weighted by Crippen LogP contribution is -2.25. The van der Waals surface area contributed by atoms with Gasteiger partial charge in [-0.2, -0.15) is 0 Å². The van der Waals surface area contributed by atoms with E-state index >= 15 is 0 Å². The first-order valence-electron chi connectivity index (χ1n) is 5.23. The number of nitrogens with one attached hydrogen (secondary N) is 1. The van der Waals surface area contributed by atoms with E-state index < -0.39 is 0 Å². The standard InChI is InChI=1S/C11H13BrN4S/c1-7(13)5-14-11-3-2-9(15-16-11)10-4-8(12)6-17-10/h2-4,6-7H,5,13H2,1H3,(H,14,16). The Balaban J connectivity index is 2.07. The van der Waals surface area contributed by atoms with Crippen LogP contribution in [-0.4, -0.2) is 22.8 Å². The van der Waals surface area contributed by atoms with Crippen LogP contribution >= 0.6 is 27.3 Å². The number of thiophene rings is 1. The second-order valence-electron chi connectivity index (χ2n) is 3.79. The van der Waals surface area contributed by atoms with E-state index in [-0.39, 0.29) is 6.04 Å². The van der Waals surface area contributed by atoms with E-state index in [4.69, 9.17) is 5.73 Å². The molecule has 0 bridgehead atoms. The van der Waals surface area contributed by atoms with Gasteiger partial charge in [0.1, 0.15) is 11.5 Å². The van der Waals surface area contributed by atoms with Crippen molar-refractivity contribution in [1.82, 2.24) is 10.2 Å². The van der Waals surface area contributed by atoms with Crippen LogP contribution in [-0.2, 0) is 0 Å². The van der Waals surface area contributed by atoms with E-state index in [1.54, 1.807) is 11.3 Å². The highest BCUT2D eigenvalue weighted by Gasteiger charge is 2.04. The first-order valence-corrected chi connectivity index (χ1v) is 6.90. The smallest absolute Gasteiger partial charge is 0.148 e. The van der Waals surface area contributed by atoms with Crippen molar-refractivity contribution >= 4 is 33.1 Å². The van der Waals surface area contributed by atoms with E-state index in [0.717, 1.165) is 20.9 Å². The molecule has 0 amide bonds. The van der Waals surface area contributed by atoms with Gasteiger partial charge in [0.15, 0.2) is 0 Å². The molecule has 2 heterocycles. The molecule has 0 saturated heterocycles. The molecule has 0 aliphatic heterocycles. The van der Waals surface area contributed by atoms with Crippen molar-refractivity contribution in [2.45, 2.75) is 13.0 Å². The molecule has 0 saturated carbocycles. The van der Waals surface area contributed by atoms with E-state index in [1.807, 2.05) is 30.5 Å². The Labute approximate surface area is 112 Å². The van der Waals surface area contributed by atoms with Crippen LogP contribution < -0.4 is 11.1 Å². The number of anilines is 1. The summed E-state index contributed by atoms with van der Waals surface area (Å²) >= 11 is 5.06. The van der Waals surface area contributed by atoms with Crippen molar-refractivity contribution in [3.8, 4) is 10.6 Å². The SMILES string of the molecule is CC(N)CNc1ccc(-c2cc(Br)cs2)nn1. The summed E-state index contributed by atoms with van der Waals surface area (Å²) in [5, 5.41) is 13.4. The third-order valence-corrected chi connectivity index (χ3v) is 3.80. The lowest BCUT2D eigenvalue weighted by atomic mass is 10.3. The van der Waals surface area contributed by atoms with Gasteiger partial charge in [0.2, 0.25) is 0 Å². The van der Waals surface area contributed by atoms with E-state index in [9.17, 15) is 0 Å². The molecule has 2 aromatic heterocycles. The second kappa shape index (κ2) is 5.57. The molecule has 0 radical (unpaired) electrons. The predicted octanol–water partition coefficient (Wildman–Crippen LogP) is 2.73. The number of hydrogen-bond donors (Lipinski definition) is 2. The molecule has 1 atom stereocenters. The minimum absolute atomic E-state index is 0.102. The van der Waals surface area contributed by atoms with Crippen LogP contribution in [0.1, 0.15) is 6.92 Å². The molecule has 0 fully saturated rings. The number of hydrogen-bond acceptors (Lipinski definition) is 5. The van der Waals surface area contributed by atoms with Gasteiger partial charge >= 0.3 is 0 Å². The zero-order valence-corrected chi connectivity index (χ0v) is 11.8. The molecule has 0 aliphatic rings. The van der Waals surface area contributed by atoms with Crippen LogP contribution in [0.2, 0.25) is 0 Å². The highest BCUT2D eigenvalue weighted by molar-refractivity contribution is 9.10. The van der Waals surface area contributed by atoms with E-state index in [0.29, 0.717) is 6.54 Å². The normalized spacial score (nSPS) is 12.4. The van der Waals surface area contributed by atoms with Crippen LogP contribution in [0.3, 0.4) is 0 Å². The fourth-order valence-electron chi connectivity index (χ4n) is 1.27. The number of halogens is 1. The van der Waals surface area contributed by atoms with Gasteiger partial charge in [-0.05, 0) is 41.1 Å². The summed E-state index contributed by atoms with van der Waals surface area (Å²) in [7, 11) is 0. The fraction of sp³-hybridized carbons (Fsp3) is 0.273. The monoisotopic (exact) mass is 312 g/mol. The van der Waals surface area contributed by atoms with Crippen molar-refractivity contribution in [1.29, 1.82) is 0 Å². The van der Waals surface area contributed by atoms with Crippen LogP contribution in [0, 0.1) is 0 Å². The van der Waals surface area contributed by atoms with Crippen molar-refractivity contribution in [2.75, 3.05) is 11.9 Å². The molecule has 17 heavy (non-hydrogen) atoms. The lowest BCUT2D eigenvalue weighted by molar-refractivity contribution is 0.775. The summed E-state index contributed by atoms with van der Waals surface area (Å²) in [5.41, 5.74) is 6.53. The van der Waals surface area contributed by atoms with Gasteiger partial charge in [-0.15, -0.1) is 21.5 Å². The van der Waals surface area contributed by atoms with Gasteiger partial charge in [-0.3, -0.25) is 0 Å². The maximum absolute atomic E-state index is 5.65. The molecule has 4 nitrogen and oxygen atoms in total. The molecule has 3 N–H and O–H groups in total. The molecule has 1 unspecified atom stereocenters. The number of aromatic nitrogens is 2. The van der Waals surface area contributed by atoms with Gasteiger partial charge in [0.05, 0.1) is 4.88 Å². The van der Waals surface area contributed by atoms with Crippen LogP contribution in [0.15, 0.2) is 28.1 Å². The quantitative estimate of drug-likeness (QED) is 0.911. The molecule has 0 spiro atoms. The molecular weight excluding hydrogens is 300 g/mol. The Kier molecular flexibility index (Phi) is 4.09. The Morgan fingerprint density at radius 3 is 2.82 bits per heavy atom. The predicted molar refractivity (Wildman–Crippen MR) is 75.2 cm³/mol. The molecule has 2 aromatic rings. The van der Waals surface area contributed by atoms with Gasteiger partial charge < -0.3 is 11.1 Å². The maximum atomic E-state index is 5.65. The minimum Gasteiger partial charge on any atom is -0.367 e. The number of rotatable bonds is 4. The van der Waals surface area contributed by atoms with Crippen LogP contribution in [0.25, 0.3) is 10.6 Å². The topological polar surface area (TPSA) is 63.8 Å². The highest BCUT2D eigenvalue weighted by atomic mass is 79.9. The van der Waals surface area contributed by atoms with Crippen molar-refractivity contribution in [3.63, 3.8) is 0 Å². The highest BCUT2D eigenvalue weighted by Crippen LogP contribution is 2.28. The maximum Gasteiger partial charge on any atom is 0.148 e. The summed E-state index contributed by atoms with van der Waals surface area (Å²) in [6, 6.07) is 6.00. The summed E-state index contributed by atoms with van der Waals surface area (Å²) < 4.78 is 1.07. The van der Waals surface area contributed by atoms with Gasteiger partial charge in [0.25, 0.3) is 0 Å². The lowest BCUT2D eigenvalue weighted by Gasteiger charge is -2.07. The Morgan fingerprint density at radius 2 is 2.29 bits per heavy atom. The Hall–Kier alpha value is -0.980. The molecular formula is C11H13BrN4S. The van der Waals surface area contributed by atoms with Crippen molar-refractivity contribution in [2.24, 2.45) is 5.73 Å². The Morgan fingerprint density at radius 1 is 1.47 bits per heavy atom. The van der Waals surface area contributed by atoms with E-state index in [2.05, 4.69) is 31.4 Å². The zero-order chi connectivity index (χ0) is 12.3. The third-order valence-electron chi connectivity index (χ3n) is 2.09. The minimum atomic E-state index is 0.102. The van der Waals surface area contributed by atoms with E-state index in [1.165, 1.54) is 0 Å². The number of nitrogens with two attached hydrogens (primary N) is 1. The second-order valence-corrected chi connectivity index (χ2v) is 5.62. The molecule has 0 aliphatic carbocycles. The summed E-state index contributed by atoms with van der Waals surface area (Å²) in [6.07, 6.45) is 0. The van der Waals surface area contributed by atoms with Crippen LogP contribution in [0.5, 0.6) is 0 Å². The number of nitrogens with zero attached hydrogens (tertiary/aromatic N) is 2. The van der Waals surface area contributed by atoms with Crippen molar-refractivity contribution in [3.05, 3.63) is 28.1 Å². The first kappa shape index (κ1) is 12.5. The molecule has 2 rings (SSSR count). The Bertz CT molecular complexity index is 480. The van der Waals surface area contributed by atoms with Gasteiger partial charge in [-0.1, -0.05) is 0 Å². The van der Waals surface area contributed by atoms with Gasteiger partial charge in [0, 0.05) is 22.4 Å². The third kappa shape index (κ3) is 3.49. The fourth-order valence-corrected chi connectivity index (χ4v) is 2.66. The van der Waals surface area contributed by atoms with Gasteiger partial charge in [-0.25, -0.2) is 0 Å².